The van der Waals surface area contributed by atoms with Crippen molar-refractivity contribution in [3.05, 3.63) is 0 Å². The van der Waals surface area contributed by atoms with E-state index < -0.39 is 5.54 Å². The van der Waals surface area contributed by atoms with Gasteiger partial charge in [-0.15, -0.1) is 0 Å². The van der Waals surface area contributed by atoms with Crippen molar-refractivity contribution in [2.45, 2.75) is 57.7 Å². The summed E-state index contributed by atoms with van der Waals surface area (Å²) in [5, 5.41) is 21.9. The van der Waals surface area contributed by atoms with E-state index in [1.165, 1.54) is 0 Å². The van der Waals surface area contributed by atoms with Gasteiger partial charge in [0, 0.05) is 32.2 Å². The second-order valence-electron chi connectivity index (χ2n) is 7.28. The normalized spacial score (nSPS) is 27.0. The molecule has 1 saturated carbocycles. The largest absolute Gasteiger partial charge is 0.392 e. The van der Waals surface area contributed by atoms with E-state index in [9.17, 15) is 15.2 Å². The van der Waals surface area contributed by atoms with E-state index in [0.717, 1.165) is 38.9 Å². The molecule has 0 aromatic rings. The summed E-state index contributed by atoms with van der Waals surface area (Å²) in [7, 11) is 0. The minimum Gasteiger partial charge on any atom is -0.392 e. The third kappa shape index (κ3) is 4.90. The molecule has 0 spiro atoms. The zero-order valence-electron chi connectivity index (χ0n) is 14.6. The first-order chi connectivity index (χ1) is 10.9. The third-order valence-corrected chi connectivity index (χ3v) is 5.05. The highest BCUT2D eigenvalue weighted by Crippen LogP contribution is 2.39. The zero-order valence-corrected chi connectivity index (χ0v) is 14.6. The number of aliphatic hydroxyl groups excluding tert-OH is 1. The fourth-order valence-electron chi connectivity index (χ4n) is 3.48. The number of rotatable bonds is 7. The quantitative estimate of drug-likeness (QED) is 0.716. The van der Waals surface area contributed by atoms with Gasteiger partial charge in [-0.3, -0.25) is 14.6 Å². The molecule has 2 rings (SSSR count). The predicted molar refractivity (Wildman–Crippen MR) is 88.7 cm³/mol. The molecule has 0 radical (unpaired) electrons. The molecule has 0 unspecified atom stereocenters. The molecular formula is C17H30N4O2. The number of nitriles is 1. The van der Waals surface area contributed by atoms with Crippen LogP contribution in [-0.4, -0.2) is 71.2 Å². The summed E-state index contributed by atoms with van der Waals surface area (Å²) < 4.78 is 0. The van der Waals surface area contributed by atoms with Gasteiger partial charge in [0.1, 0.15) is 5.54 Å². The molecule has 1 saturated heterocycles. The number of carbonyl (C=O) groups is 1. The first-order valence-electron chi connectivity index (χ1n) is 8.74. The van der Waals surface area contributed by atoms with E-state index in [2.05, 4.69) is 28.1 Å². The van der Waals surface area contributed by atoms with Gasteiger partial charge in [-0.05, 0) is 39.0 Å². The number of carbonyl (C=O) groups excluding carboxylic acids is 1. The highest BCUT2D eigenvalue weighted by Gasteiger charge is 2.43. The molecule has 1 heterocycles. The van der Waals surface area contributed by atoms with Crippen molar-refractivity contribution in [3.8, 4) is 6.07 Å². The zero-order chi connectivity index (χ0) is 17.0. The standard InChI is InChI=1S/C17H30N4O2/c1-4-15-10-20(7-8-21(15)9-13(2)22)11-16(23)19-17(3,12-18)14-5-6-14/h13-15,22H,4-11H2,1-3H3,(H,19,23)/t13-,15+,17+/m0/s1. The molecule has 23 heavy (non-hydrogen) atoms. The summed E-state index contributed by atoms with van der Waals surface area (Å²) in [6.07, 6.45) is 2.73. The van der Waals surface area contributed by atoms with Crippen molar-refractivity contribution in [2.24, 2.45) is 5.92 Å². The Labute approximate surface area is 139 Å². The predicted octanol–water partition coefficient (Wildman–Crippen LogP) is 0.572. The lowest BCUT2D eigenvalue weighted by Crippen LogP contribution is -2.57. The SMILES string of the molecule is CC[C@@H]1CN(CC(=O)N[C@](C)(C#N)C2CC2)CCN1C[C@H](C)O. The Hall–Kier alpha value is -1.16. The van der Waals surface area contributed by atoms with Crippen LogP contribution in [0.25, 0.3) is 0 Å². The smallest absolute Gasteiger partial charge is 0.235 e. The number of aliphatic hydroxyl groups is 1. The molecule has 0 bridgehead atoms. The van der Waals surface area contributed by atoms with Crippen LogP contribution < -0.4 is 5.32 Å². The summed E-state index contributed by atoms with van der Waals surface area (Å²) in [6, 6.07) is 2.64. The minimum absolute atomic E-state index is 0.0558. The molecule has 1 aliphatic heterocycles. The molecule has 0 aromatic heterocycles. The number of nitrogens with zero attached hydrogens (tertiary/aromatic N) is 3. The minimum atomic E-state index is -0.713. The van der Waals surface area contributed by atoms with Gasteiger partial charge in [0.15, 0.2) is 0 Å². The molecule has 2 N–H and O–H groups in total. The van der Waals surface area contributed by atoms with Gasteiger partial charge in [0.2, 0.25) is 5.91 Å². The highest BCUT2D eigenvalue weighted by atomic mass is 16.3. The Kier molecular flexibility index (Phi) is 6.01. The number of β-amino-alcohol motifs (C(OH)–C–C–N with tert-alkyl or cyclic N) is 1. The van der Waals surface area contributed by atoms with Crippen molar-refractivity contribution >= 4 is 5.91 Å². The molecule has 1 amide bonds. The molecule has 130 valence electrons. The average Bonchev–Trinajstić information content (AvgIpc) is 3.33. The summed E-state index contributed by atoms with van der Waals surface area (Å²) in [4.78, 5) is 16.8. The Balaban J connectivity index is 1.84. The van der Waals surface area contributed by atoms with Crippen LogP contribution in [0.4, 0.5) is 0 Å². The van der Waals surface area contributed by atoms with Crippen molar-refractivity contribution in [1.82, 2.24) is 15.1 Å². The van der Waals surface area contributed by atoms with Gasteiger partial charge in [0.25, 0.3) is 0 Å². The number of hydrogen-bond acceptors (Lipinski definition) is 5. The fourth-order valence-corrected chi connectivity index (χ4v) is 3.48. The van der Waals surface area contributed by atoms with Crippen LogP contribution in [0, 0.1) is 17.2 Å². The van der Waals surface area contributed by atoms with Crippen LogP contribution in [0.1, 0.15) is 40.0 Å². The second-order valence-corrected chi connectivity index (χ2v) is 7.28. The summed E-state index contributed by atoms with van der Waals surface area (Å²) in [5.74, 6) is 0.252. The van der Waals surface area contributed by atoms with Gasteiger partial charge < -0.3 is 10.4 Å². The lowest BCUT2D eigenvalue weighted by Gasteiger charge is -2.41. The number of hydrogen-bond donors (Lipinski definition) is 2. The molecule has 3 atom stereocenters. The Bertz CT molecular complexity index is 458. The monoisotopic (exact) mass is 322 g/mol. The lowest BCUT2D eigenvalue weighted by atomic mass is 9.98. The first kappa shape index (κ1) is 18.2. The summed E-state index contributed by atoms with van der Waals surface area (Å²) in [5.41, 5.74) is -0.713. The number of amides is 1. The van der Waals surface area contributed by atoms with Crippen LogP contribution >= 0.6 is 0 Å². The second kappa shape index (κ2) is 7.61. The molecule has 6 heteroatoms. The summed E-state index contributed by atoms with van der Waals surface area (Å²) >= 11 is 0. The van der Waals surface area contributed by atoms with Gasteiger partial charge >= 0.3 is 0 Å². The number of nitrogens with one attached hydrogen (secondary N) is 1. The van der Waals surface area contributed by atoms with Crippen LogP contribution in [-0.2, 0) is 4.79 Å². The van der Waals surface area contributed by atoms with Gasteiger partial charge in [-0.2, -0.15) is 5.26 Å². The van der Waals surface area contributed by atoms with E-state index in [4.69, 9.17) is 0 Å². The van der Waals surface area contributed by atoms with Gasteiger partial charge in [-0.1, -0.05) is 6.92 Å². The van der Waals surface area contributed by atoms with E-state index in [0.29, 0.717) is 25.0 Å². The molecule has 1 aliphatic carbocycles. The molecule has 0 aromatic carbocycles. The Morgan fingerprint density at radius 2 is 2.17 bits per heavy atom. The van der Waals surface area contributed by atoms with Crippen molar-refractivity contribution in [1.29, 1.82) is 5.26 Å². The summed E-state index contributed by atoms with van der Waals surface area (Å²) in [6.45, 7) is 9.35. The molecule has 2 fully saturated rings. The van der Waals surface area contributed by atoms with Gasteiger partial charge in [-0.25, -0.2) is 0 Å². The van der Waals surface area contributed by atoms with Crippen LogP contribution in [0.5, 0.6) is 0 Å². The van der Waals surface area contributed by atoms with E-state index in [1.54, 1.807) is 0 Å². The lowest BCUT2D eigenvalue weighted by molar-refractivity contribution is -0.124. The molecular weight excluding hydrogens is 292 g/mol. The van der Waals surface area contributed by atoms with Crippen LogP contribution in [0.3, 0.4) is 0 Å². The molecule has 6 nitrogen and oxygen atoms in total. The first-order valence-corrected chi connectivity index (χ1v) is 8.74. The Morgan fingerprint density at radius 3 is 2.70 bits per heavy atom. The molecule has 2 aliphatic rings. The van der Waals surface area contributed by atoms with Crippen LogP contribution in [0.15, 0.2) is 0 Å². The maximum Gasteiger partial charge on any atom is 0.235 e. The van der Waals surface area contributed by atoms with Crippen molar-refractivity contribution in [2.75, 3.05) is 32.7 Å². The highest BCUT2D eigenvalue weighted by molar-refractivity contribution is 5.79. The van der Waals surface area contributed by atoms with E-state index >= 15 is 0 Å². The maximum atomic E-state index is 12.3. The average molecular weight is 322 g/mol. The van der Waals surface area contributed by atoms with E-state index in [1.807, 2.05) is 13.8 Å². The van der Waals surface area contributed by atoms with Gasteiger partial charge in [0.05, 0.1) is 18.7 Å². The maximum absolute atomic E-state index is 12.3. The topological polar surface area (TPSA) is 79.6 Å². The van der Waals surface area contributed by atoms with Crippen molar-refractivity contribution < 1.29 is 9.90 Å². The van der Waals surface area contributed by atoms with Crippen molar-refractivity contribution in [3.63, 3.8) is 0 Å². The Morgan fingerprint density at radius 1 is 1.48 bits per heavy atom. The fraction of sp³-hybridized carbons (Fsp3) is 0.882. The third-order valence-electron chi connectivity index (χ3n) is 5.05. The number of piperazine rings is 1. The van der Waals surface area contributed by atoms with Crippen LogP contribution in [0.2, 0.25) is 0 Å². The van der Waals surface area contributed by atoms with E-state index in [-0.39, 0.29) is 12.0 Å².